The van der Waals surface area contributed by atoms with Gasteiger partial charge in [-0.1, -0.05) is 0 Å². The van der Waals surface area contributed by atoms with Crippen molar-refractivity contribution >= 4 is 26.6 Å². The zero-order chi connectivity index (χ0) is 14.5. The molecule has 4 N–H and O–H groups in total. The largest absolute Gasteiger partial charge is 0.308 e. The number of rotatable bonds is 7. The molecule has 1 rings (SSSR count). The highest BCUT2D eigenvalue weighted by Crippen LogP contribution is 2.12. The van der Waals surface area contributed by atoms with Crippen LogP contribution in [0.5, 0.6) is 0 Å². The SMILES string of the molecule is CC(CCS(C)=O)NS(=O)(=O)c1ccnc(NN)c1. The third kappa shape index (κ3) is 5.23. The van der Waals surface area contributed by atoms with Gasteiger partial charge in [0.2, 0.25) is 10.0 Å². The van der Waals surface area contributed by atoms with Crippen LogP contribution >= 0.6 is 0 Å². The van der Waals surface area contributed by atoms with Gasteiger partial charge in [0.05, 0.1) is 4.90 Å². The van der Waals surface area contributed by atoms with Crippen LogP contribution in [0.25, 0.3) is 0 Å². The lowest BCUT2D eigenvalue weighted by Crippen LogP contribution is -2.33. The van der Waals surface area contributed by atoms with Crippen molar-refractivity contribution in [3.8, 4) is 0 Å². The van der Waals surface area contributed by atoms with E-state index >= 15 is 0 Å². The molecule has 0 fully saturated rings. The first-order valence-electron chi connectivity index (χ1n) is 5.60. The zero-order valence-electron chi connectivity index (χ0n) is 10.8. The van der Waals surface area contributed by atoms with Gasteiger partial charge in [0.1, 0.15) is 5.82 Å². The van der Waals surface area contributed by atoms with Crippen LogP contribution < -0.4 is 16.0 Å². The van der Waals surface area contributed by atoms with Crippen molar-refractivity contribution in [3.63, 3.8) is 0 Å². The van der Waals surface area contributed by atoms with E-state index in [4.69, 9.17) is 5.84 Å². The lowest BCUT2D eigenvalue weighted by atomic mass is 10.3. The second kappa shape index (κ2) is 6.94. The normalized spacial score (nSPS) is 14.9. The van der Waals surface area contributed by atoms with Crippen LogP contribution in [-0.2, 0) is 20.8 Å². The van der Waals surface area contributed by atoms with Crippen LogP contribution in [0.1, 0.15) is 13.3 Å². The van der Waals surface area contributed by atoms with Crippen LogP contribution in [0.15, 0.2) is 23.2 Å². The van der Waals surface area contributed by atoms with Crippen molar-refractivity contribution < 1.29 is 12.6 Å². The van der Waals surface area contributed by atoms with Crippen LogP contribution in [0.2, 0.25) is 0 Å². The summed E-state index contributed by atoms with van der Waals surface area (Å²) in [5.41, 5.74) is 2.29. The highest BCUT2D eigenvalue weighted by Gasteiger charge is 2.18. The number of nitrogen functional groups attached to an aromatic ring is 1. The molecule has 9 heteroatoms. The molecule has 0 aliphatic carbocycles. The van der Waals surface area contributed by atoms with E-state index < -0.39 is 20.8 Å². The fourth-order valence-corrected chi connectivity index (χ4v) is 3.37. The average molecular weight is 306 g/mol. The molecule has 108 valence electrons. The van der Waals surface area contributed by atoms with Crippen molar-refractivity contribution in [2.45, 2.75) is 24.3 Å². The number of nitrogens with zero attached hydrogens (tertiary/aromatic N) is 1. The van der Waals surface area contributed by atoms with E-state index in [9.17, 15) is 12.6 Å². The lowest BCUT2D eigenvalue weighted by Gasteiger charge is -2.13. The summed E-state index contributed by atoms with van der Waals surface area (Å²) in [5.74, 6) is 5.91. The van der Waals surface area contributed by atoms with E-state index in [1.165, 1.54) is 18.3 Å². The van der Waals surface area contributed by atoms with Gasteiger partial charge in [-0.15, -0.1) is 0 Å². The minimum Gasteiger partial charge on any atom is -0.308 e. The van der Waals surface area contributed by atoms with Gasteiger partial charge in [0.15, 0.2) is 0 Å². The van der Waals surface area contributed by atoms with E-state index in [1.54, 1.807) is 13.2 Å². The summed E-state index contributed by atoms with van der Waals surface area (Å²) in [6.45, 7) is 1.73. The van der Waals surface area contributed by atoms with E-state index in [0.717, 1.165) is 0 Å². The summed E-state index contributed by atoms with van der Waals surface area (Å²) in [4.78, 5) is 3.92. The predicted molar refractivity (Wildman–Crippen MR) is 75.4 cm³/mol. The van der Waals surface area contributed by atoms with Crippen LogP contribution in [0, 0.1) is 0 Å². The summed E-state index contributed by atoms with van der Waals surface area (Å²) < 4.78 is 37.6. The molecule has 2 atom stereocenters. The molecule has 0 aromatic carbocycles. The Morgan fingerprint density at radius 2 is 2.21 bits per heavy atom. The van der Waals surface area contributed by atoms with Gasteiger partial charge >= 0.3 is 0 Å². The molecule has 19 heavy (non-hydrogen) atoms. The van der Waals surface area contributed by atoms with Crippen molar-refractivity contribution in [1.82, 2.24) is 9.71 Å². The third-order valence-electron chi connectivity index (χ3n) is 2.38. The molecule has 2 unspecified atom stereocenters. The minimum absolute atomic E-state index is 0.0833. The summed E-state index contributed by atoms with van der Waals surface area (Å²) in [6.07, 6.45) is 3.45. The summed E-state index contributed by atoms with van der Waals surface area (Å²) >= 11 is 0. The van der Waals surface area contributed by atoms with Gasteiger partial charge in [0, 0.05) is 41.1 Å². The Kier molecular flexibility index (Phi) is 5.85. The molecule has 0 aliphatic heterocycles. The van der Waals surface area contributed by atoms with Gasteiger partial charge in [-0.25, -0.2) is 24.0 Å². The number of pyridine rings is 1. The molecule has 1 aromatic heterocycles. The summed E-state index contributed by atoms with van der Waals surface area (Å²) in [5, 5.41) is 0. The van der Waals surface area contributed by atoms with Crippen LogP contribution in [0.4, 0.5) is 5.82 Å². The maximum absolute atomic E-state index is 12.1. The van der Waals surface area contributed by atoms with Crippen LogP contribution in [0.3, 0.4) is 0 Å². The monoisotopic (exact) mass is 306 g/mol. The zero-order valence-corrected chi connectivity index (χ0v) is 12.4. The number of nitrogens with two attached hydrogens (primary N) is 1. The standard InChI is InChI=1S/C10H18N4O3S2/c1-8(4-6-18(2)15)14-19(16,17)9-3-5-12-10(7-9)13-11/h3,5,7-8,14H,4,6,11H2,1-2H3,(H,12,13). The number of hydrogen-bond donors (Lipinski definition) is 3. The molecule has 1 aromatic rings. The van der Waals surface area contributed by atoms with Crippen LogP contribution in [-0.4, -0.2) is 35.7 Å². The molecule has 1 heterocycles. The van der Waals surface area contributed by atoms with Crippen molar-refractivity contribution in [2.24, 2.45) is 5.84 Å². The lowest BCUT2D eigenvalue weighted by molar-refractivity contribution is 0.555. The van der Waals surface area contributed by atoms with Gasteiger partial charge in [0.25, 0.3) is 0 Å². The van der Waals surface area contributed by atoms with Gasteiger partial charge in [-0.05, 0) is 19.4 Å². The van der Waals surface area contributed by atoms with Gasteiger partial charge in [-0.2, -0.15) is 0 Å². The molecule has 0 radical (unpaired) electrons. The Morgan fingerprint density at radius 3 is 2.79 bits per heavy atom. The first-order chi connectivity index (χ1) is 8.85. The molecule has 0 spiro atoms. The number of anilines is 1. The second-order valence-corrected chi connectivity index (χ2v) is 7.38. The Balaban J connectivity index is 2.77. The number of sulfonamides is 1. The fraction of sp³-hybridized carbons (Fsp3) is 0.500. The van der Waals surface area contributed by atoms with E-state index in [2.05, 4.69) is 15.1 Å². The Morgan fingerprint density at radius 1 is 1.53 bits per heavy atom. The van der Waals surface area contributed by atoms with E-state index in [-0.39, 0.29) is 16.8 Å². The molecule has 0 saturated heterocycles. The molecular formula is C10H18N4O3S2. The maximum Gasteiger partial charge on any atom is 0.240 e. The van der Waals surface area contributed by atoms with E-state index in [1.807, 2.05) is 0 Å². The fourth-order valence-electron chi connectivity index (χ4n) is 1.39. The molecule has 0 amide bonds. The van der Waals surface area contributed by atoms with E-state index in [0.29, 0.717) is 12.2 Å². The quantitative estimate of drug-likeness (QED) is 0.475. The van der Waals surface area contributed by atoms with Gasteiger partial charge < -0.3 is 5.43 Å². The highest BCUT2D eigenvalue weighted by atomic mass is 32.2. The van der Waals surface area contributed by atoms with Crippen molar-refractivity contribution in [1.29, 1.82) is 0 Å². The summed E-state index contributed by atoms with van der Waals surface area (Å²) in [7, 11) is -4.56. The molecular weight excluding hydrogens is 288 g/mol. The predicted octanol–water partition coefficient (Wildman–Crippen LogP) is -0.197. The third-order valence-corrected chi connectivity index (χ3v) is 4.78. The maximum atomic E-state index is 12.1. The second-order valence-electron chi connectivity index (χ2n) is 4.11. The molecule has 0 aliphatic rings. The number of aromatic nitrogens is 1. The Labute approximate surface area is 115 Å². The molecule has 0 saturated carbocycles. The van der Waals surface area contributed by atoms with Crippen molar-refractivity contribution in [2.75, 3.05) is 17.4 Å². The summed E-state index contributed by atoms with van der Waals surface area (Å²) in [6, 6.07) is 2.43. The highest BCUT2D eigenvalue weighted by molar-refractivity contribution is 7.89. The topological polar surface area (TPSA) is 114 Å². The Bertz CT molecular complexity index is 547. The van der Waals surface area contributed by atoms with Crippen molar-refractivity contribution in [3.05, 3.63) is 18.3 Å². The number of hydrazine groups is 1. The number of nitrogens with one attached hydrogen (secondary N) is 2. The molecule has 0 bridgehead atoms. The Hall–Kier alpha value is -1.03. The first kappa shape index (κ1) is 16.0. The smallest absolute Gasteiger partial charge is 0.240 e. The molecule has 7 nitrogen and oxygen atoms in total. The average Bonchev–Trinajstić information content (AvgIpc) is 2.36. The number of hydrogen-bond acceptors (Lipinski definition) is 6. The van der Waals surface area contributed by atoms with Gasteiger partial charge in [-0.3, -0.25) is 4.21 Å². The minimum atomic E-state index is -3.62. The first-order valence-corrected chi connectivity index (χ1v) is 8.81.